The second-order valence-electron chi connectivity index (χ2n) is 3.13. The summed E-state index contributed by atoms with van der Waals surface area (Å²) in [6.45, 7) is 0. The summed E-state index contributed by atoms with van der Waals surface area (Å²) in [6, 6.07) is 3.67. The minimum atomic E-state index is -3.73. The summed E-state index contributed by atoms with van der Waals surface area (Å²) in [7, 11) is 1.29. The second kappa shape index (κ2) is 3.46. The summed E-state index contributed by atoms with van der Waals surface area (Å²) in [5.41, 5.74) is 0.245. The average Bonchev–Trinajstić information content (AvgIpc) is 2.34. The first-order valence-corrected chi connectivity index (χ1v) is 6.54. The highest BCUT2D eigenvalue weighted by molar-refractivity contribution is 8.13. The molecule has 0 spiro atoms. The summed E-state index contributed by atoms with van der Waals surface area (Å²) < 4.78 is 55.1. The Labute approximate surface area is 94.1 Å². The van der Waals surface area contributed by atoms with E-state index in [-0.39, 0.29) is 17.1 Å². The van der Waals surface area contributed by atoms with Crippen LogP contribution in [0.1, 0.15) is 5.56 Å². The Kier molecular flexibility index (Phi) is 2.47. The van der Waals surface area contributed by atoms with Gasteiger partial charge >= 0.3 is 6.29 Å². The fourth-order valence-corrected chi connectivity index (χ4v) is 2.24. The van der Waals surface area contributed by atoms with Gasteiger partial charge in [-0.2, -0.15) is 0 Å². The van der Waals surface area contributed by atoms with Crippen LogP contribution >= 0.6 is 10.7 Å². The molecule has 1 heterocycles. The van der Waals surface area contributed by atoms with Crippen molar-refractivity contribution in [3.05, 3.63) is 23.8 Å². The Morgan fingerprint density at radius 3 is 2.50 bits per heavy atom. The van der Waals surface area contributed by atoms with Crippen LogP contribution in [-0.2, 0) is 14.8 Å². The molecule has 88 valence electrons. The van der Waals surface area contributed by atoms with Crippen LogP contribution in [0.15, 0.2) is 18.2 Å². The van der Waals surface area contributed by atoms with Crippen molar-refractivity contribution in [1.82, 2.24) is 0 Å². The van der Waals surface area contributed by atoms with E-state index in [1.54, 1.807) is 0 Å². The van der Waals surface area contributed by atoms with Crippen LogP contribution in [0, 0.1) is 0 Å². The van der Waals surface area contributed by atoms with Crippen molar-refractivity contribution in [1.29, 1.82) is 0 Å². The molecule has 0 bridgehead atoms. The van der Waals surface area contributed by atoms with Crippen molar-refractivity contribution >= 4 is 19.7 Å². The zero-order valence-electron chi connectivity index (χ0n) is 7.61. The summed E-state index contributed by atoms with van der Waals surface area (Å²) >= 11 is 0. The molecule has 0 aliphatic carbocycles. The average molecular weight is 271 g/mol. The molecule has 1 aliphatic heterocycles. The van der Waals surface area contributed by atoms with Crippen LogP contribution in [0.3, 0.4) is 0 Å². The molecule has 0 aromatic heterocycles. The summed E-state index contributed by atoms with van der Waals surface area (Å²) in [4.78, 5) is 0. The van der Waals surface area contributed by atoms with E-state index in [4.69, 9.17) is 10.7 Å². The number of fused-ring (bicyclic) bond motifs is 1. The third-order valence-electron chi connectivity index (χ3n) is 1.80. The Bertz CT molecular complexity index is 529. The molecular weight excluding hydrogens is 266 g/mol. The van der Waals surface area contributed by atoms with Crippen LogP contribution in [0.25, 0.3) is 0 Å². The van der Waals surface area contributed by atoms with E-state index < -0.39 is 21.1 Å². The zero-order valence-corrected chi connectivity index (χ0v) is 9.19. The quantitative estimate of drug-likeness (QED) is 0.772. The number of alkyl halides is 2. The maximum Gasteiger partial charge on any atom is 0.586 e. The maximum atomic E-state index is 12.6. The van der Waals surface area contributed by atoms with Crippen LogP contribution in [0.5, 0.6) is 11.5 Å². The number of halogens is 3. The van der Waals surface area contributed by atoms with Gasteiger partial charge < -0.3 is 9.47 Å². The first-order chi connectivity index (χ1) is 7.25. The number of ether oxygens (including phenoxy) is 2. The van der Waals surface area contributed by atoms with Crippen LogP contribution in [-0.4, -0.2) is 14.7 Å². The highest BCUT2D eigenvalue weighted by atomic mass is 35.7. The van der Waals surface area contributed by atoms with Crippen molar-refractivity contribution in [2.24, 2.45) is 0 Å². The monoisotopic (exact) mass is 270 g/mol. The first-order valence-electron chi connectivity index (χ1n) is 4.06. The molecule has 16 heavy (non-hydrogen) atoms. The largest absolute Gasteiger partial charge is 0.586 e. The van der Waals surface area contributed by atoms with Gasteiger partial charge in [-0.1, -0.05) is 6.07 Å². The number of hydrogen-bond donors (Lipinski definition) is 0. The van der Waals surface area contributed by atoms with Gasteiger partial charge in [0.1, 0.15) is 0 Å². The molecule has 1 aromatic carbocycles. The third-order valence-corrected chi connectivity index (χ3v) is 2.81. The molecule has 0 atom stereocenters. The molecule has 0 saturated carbocycles. The Balaban J connectivity index is 2.30. The Morgan fingerprint density at radius 2 is 1.88 bits per heavy atom. The van der Waals surface area contributed by atoms with Gasteiger partial charge in [-0.05, 0) is 17.7 Å². The van der Waals surface area contributed by atoms with Gasteiger partial charge in [-0.15, -0.1) is 8.78 Å². The summed E-state index contributed by atoms with van der Waals surface area (Å²) in [6.07, 6.45) is -3.71. The molecule has 0 saturated heterocycles. The van der Waals surface area contributed by atoms with Crippen LogP contribution in [0.2, 0.25) is 0 Å². The Hall–Kier alpha value is -1.08. The minimum Gasteiger partial charge on any atom is -0.395 e. The minimum absolute atomic E-state index is 0.138. The first kappa shape index (κ1) is 11.4. The highest BCUT2D eigenvalue weighted by Crippen LogP contribution is 2.41. The lowest BCUT2D eigenvalue weighted by Crippen LogP contribution is -2.25. The predicted molar refractivity (Wildman–Crippen MR) is 51.1 cm³/mol. The maximum absolute atomic E-state index is 12.6. The van der Waals surface area contributed by atoms with Crippen molar-refractivity contribution in [3.63, 3.8) is 0 Å². The van der Waals surface area contributed by atoms with E-state index in [0.717, 1.165) is 6.07 Å². The van der Waals surface area contributed by atoms with Gasteiger partial charge in [0, 0.05) is 10.7 Å². The molecule has 0 amide bonds. The fraction of sp³-hybridized carbons (Fsp3) is 0.250. The van der Waals surface area contributed by atoms with E-state index >= 15 is 0 Å². The lowest BCUT2D eigenvalue weighted by atomic mass is 10.2. The number of benzene rings is 1. The normalized spacial score (nSPS) is 17.4. The molecule has 0 radical (unpaired) electrons. The molecule has 2 rings (SSSR count). The van der Waals surface area contributed by atoms with E-state index in [1.165, 1.54) is 12.1 Å². The van der Waals surface area contributed by atoms with Gasteiger partial charge in [-0.3, -0.25) is 0 Å². The molecule has 1 aromatic rings. The van der Waals surface area contributed by atoms with Crippen molar-refractivity contribution in [2.45, 2.75) is 12.0 Å². The fourth-order valence-electron chi connectivity index (χ4n) is 1.28. The molecule has 0 unspecified atom stereocenters. The van der Waals surface area contributed by atoms with Gasteiger partial charge in [0.15, 0.2) is 11.5 Å². The van der Waals surface area contributed by atoms with Gasteiger partial charge in [0.25, 0.3) is 0 Å². The summed E-state index contributed by atoms with van der Waals surface area (Å²) in [5, 5.41) is 0. The second-order valence-corrected chi connectivity index (χ2v) is 5.91. The van der Waals surface area contributed by atoms with Crippen LogP contribution < -0.4 is 9.47 Å². The molecule has 0 N–H and O–H groups in total. The van der Waals surface area contributed by atoms with Crippen molar-refractivity contribution < 1.29 is 26.7 Å². The number of rotatable bonds is 2. The van der Waals surface area contributed by atoms with Crippen molar-refractivity contribution in [2.75, 3.05) is 0 Å². The topological polar surface area (TPSA) is 52.6 Å². The highest BCUT2D eigenvalue weighted by Gasteiger charge is 2.43. The van der Waals surface area contributed by atoms with E-state index in [0.29, 0.717) is 0 Å². The van der Waals surface area contributed by atoms with Gasteiger partial charge in [0.05, 0.1) is 5.75 Å². The SMILES string of the molecule is O=S(=O)(Cl)Cc1ccc2c(c1)OC(F)(F)O2. The zero-order chi connectivity index (χ0) is 12.0. The van der Waals surface area contributed by atoms with Gasteiger partial charge in [-0.25, -0.2) is 8.42 Å². The van der Waals surface area contributed by atoms with E-state index in [2.05, 4.69) is 9.47 Å². The molecule has 4 nitrogen and oxygen atoms in total. The number of hydrogen-bond acceptors (Lipinski definition) is 4. The smallest absolute Gasteiger partial charge is 0.395 e. The van der Waals surface area contributed by atoms with E-state index in [9.17, 15) is 17.2 Å². The molecule has 1 aliphatic rings. The summed E-state index contributed by atoms with van der Waals surface area (Å²) in [5.74, 6) is -0.805. The van der Waals surface area contributed by atoms with Crippen molar-refractivity contribution in [3.8, 4) is 11.5 Å². The molecule has 8 heteroatoms. The lowest BCUT2D eigenvalue weighted by molar-refractivity contribution is -0.286. The lowest BCUT2D eigenvalue weighted by Gasteiger charge is -2.04. The standard InChI is InChI=1S/C8H5ClF2O4S/c9-16(12,13)4-5-1-2-6-7(3-5)15-8(10,11)14-6/h1-3H,4H2. The van der Waals surface area contributed by atoms with Crippen LogP contribution in [0.4, 0.5) is 8.78 Å². The Morgan fingerprint density at radius 1 is 1.25 bits per heavy atom. The molecule has 0 fully saturated rings. The predicted octanol–water partition coefficient (Wildman–Crippen LogP) is 2.08. The third kappa shape index (κ3) is 2.53. The molecular formula is C8H5ClF2O4S. The van der Waals surface area contributed by atoms with Gasteiger partial charge in [0.2, 0.25) is 9.05 Å². The van der Waals surface area contributed by atoms with E-state index in [1.807, 2.05) is 0 Å².